The average Bonchev–Trinajstić information content (AvgIpc) is 3.88. The Labute approximate surface area is 378 Å². The van der Waals surface area contributed by atoms with Crippen molar-refractivity contribution < 1.29 is 77.7 Å². The molecule has 1 fully saturated rings. The zero-order valence-corrected chi connectivity index (χ0v) is 34.5. The lowest BCUT2D eigenvalue weighted by molar-refractivity contribution is -0.162. The lowest BCUT2D eigenvalue weighted by Gasteiger charge is -2.29. The minimum Gasteiger partial charge on any atom is -0.481 e. The van der Waals surface area contributed by atoms with E-state index in [1.54, 1.807) is 46.9 Å². The second kappa shape index (κ2) is 46.2. The summed E-state index contributed by atoms with van der Waals surface area (Å²) in [5.74, 6) is -4.22. The number of aliphatic carboxylic acids is 3. The molecule has 1 aliphatic heterocycles. The number of epoxide rings is 1. The molecule has 62 heavy (non-hydrogen) atoms. The number of carboxylic acid groups (broad SMARTS) is 3. The van der Waals surface area contributed by atoms with Crippen LogP contribution in [-0.2, 0) is 57.3 Å². The number of rotatable bonds is 16. The number of carbonyl (C=O) groups is 8. The number of ether oxygens (including phenoxy) is 4. The van der Waals surface area contributed by atoms with Gasteiger partial charge in [0.15, 0.2) is 0 Å². The van der Waals surface area contributed by atoms with Gasteiger partial charge in [0.2, 0.25) is 11.8 Å². The third kappa shape index (κ3) is 50.0. The molecule has 0 aliphatic carbocycles. The summed E-state index contributed by atoms with van der Waals surface area (Å²) < 4.78 is 20.1. The molecule has 1 rings (SSSR count). The molecule has 0 saturated carbocycles. The summed E-state index contributed by atoms with van der Waals surface area (Å²) in [4.78, 5) is 89.0. The second-order valence-corrected chi connectivity index (χ2v) is 13.7. The van der Waals surface area contributed by atoms with E-state index in [9.17, 15) is 29.1 Å². The van der Waals surface area contributed by atoms with Crippen LogP contribution in [0.1, 0.15) is 154 Å². The van der Waals surface area contributed by atoms with Crippen molar-refractivity contribution in [2.45, 2.75) is 167 Å². The summed E-state index contributed by atoms with van der Waals surface area (Å²) in [6, 6.07) is 0. The fraction of sp³-hybridized carbons (Fsp3) is 0.818. The number of esters is 3. The van der Waals surface area contributed by atoms with Crippen molar-refractivity contribution in [3.05, 3.63) is 0 Å². The average molecular weight is 911 g/mol. The third-order valence-electron chi connectivity index (χ3n) is 7.47. The predicted octanol–water partition coefficient (Wildman–Crippen LogP) is 7.80. The van der Waals surface area contributed by atoms with Crippen molar-refractivity contribution in [1.82, 2.24) is 9.80 Å². The Kier molecular flexibility index (Phi) is 66.2. The van der Waals surface area contributed by atoms with E-state index in [4.69, 9.17) is 43.9 Å². The third-order valence-corrected chi connectivity index (χ3v) is 7.47. The van der Waals surface area contributed by atoms with E-state index in [1.807, 2.05) is 27.7 Å². The number of aliphatic hydroxyl groups excluding tert-OH is 1. The van der Waals surface area contributed by atoms with E-state index in [2.05, 4.69) is 4.74 Å². The lowest BCUT2D eigenvalue weighted by Crippen LogP contribution is -2.37. The number of nitrogens with zero attached hydrogens (tertiary/aromatic N) is 2. The smallest absolute Gasteiger partial charge is 0.311 e. The molecular weight excluding hydrogens is 812 g/mol. The van der Waals surface area contributed by atoms with Gasteiger partial charge < -0.3 is 49.2 Å². The first-order chi connectivity index (χ1) is 24.5. The minimum atomic E-state index is -1.07. The first-order valence-electron chi connectivity index (χ1n) is 17.3. The van der Waals surface area contributed by atoms with E-state index in [1.165, 1.54) is 11.8 Å². The molecule has 18 heteroatoms. The van der Waals surface area contributed by atoms with Crippen LogP contribution in [0.25, 0.3) is 0 Å². The highest BCUT2D eigenvalue weighted by molar-refractivity contribution is 5.81. The summed E-state index contributed by atoms with van der Waals surface area (Å²) in [6.07, 6.45) is 1.04. The first-order valence-corrected chi connectivity index (χ1v) is 17.3. The van der Waals surface area contributed by atoms with Crippen LogP contribution < -0.4 is 0 Å². The van der Waals surface area contributed by atoms with Gasteiger partial charge in [0.05, 0.1) is 17.4 Å². The van der Waals surface area contributed by atoms with E-state index < -0.39 is 46.8 Å². The van der Waals surface area contributed by atoms with Crippen molar-refractivity contribution >= 4 is 47.6 Å². The summed E-state index contributed by atoms with van der Waals surface area (Å²) in [7, 11) is 6.80. The van der Waals surface area contributed by atoms with Crippen molar-refractivity contribution in [2.24, 2.45) is 22.7 Å². The quantitative estimate of drug-likeness (QED) is 0.0653. The highest BCUT2D eigenvalue weighted by Gasteiger charge is 2.38. The maximum atomic E-state index is 12.3. The standard InChI is InChI=1S/C16H29NO6.C14H25NO4.3C2H4O2.8CH4/c1-7-16(4,8-11(2)14(20)17(5)6)15(21)23-10-13(19)9-22-12(3)18;1-6-14(3,7-10(2)12(16)15(4)5)13(17)19-9-11-8-18-11;3*1-2(3)4;;;;;;;;/h11,13,19H,7-10H2,1-6H3;10-11H,6-9H2,1-5H3;3*1H3,(H,3,4);8*1H4. The minimum absolute atomic E-state index is 0. The van der Waals surface area contributed by atoms with Gasteiger partial charge in [0.1, 0.15) is 32.0 Å². The Morgan fingerprint density at radius 1 is 0.597 bits per heavy atom. The Morgan fingerprint density at radius 3 is 1.08 bits per heavy atom. The maximum Gasteiger partial charge on any atom is 0.311 e. The number of hydrogen-bond acceptors (Lipinski definition) is 13. The molecule has 2 amide bonds. The zero-order chi connectivity index (χ0) is 43.6. The Bertz CT molecular complexity index is 1150. The van der Waals surface area contributed by atoms with Crippen molar-refractivity contribution in [3.63, 3.8) is 0 Å². The van der Waals surface area contributed by atoms with Gasteiger partial charge >= 0.3 is 17.9 Å². The molecule has 0 spiro atoms. The van der Waals surface area contributed by atoms with E-state index in [0.717, 1.165) is 20.8 Å². The van der Waals surface area contributed by atoms with E-state index in [-0.39, 0.29) is 108 Å². The van der Waals surface area contributed by atoms with Crippen LogP contribution >= 0.6 is 0 Å². The first kappa shape index (κ1) is 88.8. The molecule has 0 aromatic carbocycles. The van der Waals surface area contributed by atoms with Gasteiger partial charge in [-0.25, -0.2) is 0 Å². The van der Waals surface area contributed by atoms with Crippen LogP contribution in [0.4, 0.5) is 0 Å². The molecule has 6 unspecified atom stereocenters. The monoisotopic (exact) mass is 911 g/mol. The zero-order valence-electron chi connectivity index (χ0n) is 34.5. The van der Waals surface area contributed by atoms with Gasteiger partial charge in [0, 0.05) is 67.7 Å². The van der Waals surface area contributed by atoms with E-state index in [0.29, 0.717) is 38.9 Å². The number of carbonyl (C=O) groups excluding carboxylic acids is 5. The molecule has 0 aromatic rings. The van der Waals surface area contributed by atoms with Gasteiger partial charge in [0.25, 0.3) is 17.9 Å². The number of aliphatic hydroxyl groups is 1. The van der Waals surface area contributed by atoms with Crippen LogP contribution in [0.5, 0.6) is 0 Å². The molecule has 1 saturated heterocycles. The van der Waals surface area contributed by atoms with Gasteiger partial charge in [-0.1, -0.05) is 87.1 Å². The Morgan fingerprint density at radius 2 is 0.855 bits per heavy atom. The summed E-state index contributed by atoms with van der Waals surface area (Å²) in [5.41, 5.74) is -1.42. The molecule has 1 aliphatic rings. The molecular formula is C44H98N2O16. The largest absolute Gasteiger partial charge is 0.481 e. The molecule has 0 radical (unpaired) electrons. The highest BCUT2D eigenvalue weighted by Crippen LogP contribution is 2.33. The predicted molar refractivity (Wildman–Crippen MR) is 250 cm³/mol. The fourth-order valence-electron chi connectivity index (χ4n) is 4.27. The lowest BCUT2D eigenvalue weighted by atomic mass is 9.79. The summed E-state index contributed by atoms with van der Waals surface area (Å²) in [5, 5.41) is 31.9. The Hall–Kier alpha value is -4.32. The maximum absolute atomic E-state index is 12.3. The SMILES string of the molecule is C.C.C.C.C.C.C.C.CC(=O)O.CC(=O)O.CC(=O)O.CCC(C)(CC(C)C(=O)N(C)C)C(=O)OCC(O)COC(C)=O.CCC(C)(CC(C)C(=O)N(C)C)C(=O)OCC1CO1. The van der Waals surface area contributed by atoms with Crippen molar-refractivity contribution in [3.8, 4) is 0 Å². The number of hydrogen-bond donors (Lipinski definition) is 4. The van der Waals surface area contributed by atoms with Crippen LogP contribution in [0.3, 0.4) is 0 Å². The summed E-state index contributed by atoms with van der Waals surface area (Å²) in [6.45, 7) is 16.0. The molecule has 380 valence electrons. The van der Waals surface area contributed by atoms with Crippen LogP contribution in [0.15, 0.2) is 0 Å². The fourth-order valence-corrected chi connectivity index (χ4v) is 4.27. The van der Waals surface area contributed by atoms with E-state index >= 15 is 0 Å². The Balaban J connectivity index is -0.0000000581. The molecule has 4 N–H and O–H groups in total. The van der Waals surface area contributed by atoms with Crippen molar-refractivity contribution in [2.75, 3.05) is 54.6 Å². The van der Waals surface area contributed by atoms with Crippen molar-refractivity contribution in [1.29, 1.82) is 0 Å². The van der Waals surface area contributed by atoms with Gasteiger partial charge in [-0.15, -0.1) is 0 Å². The molecule has 1 heterocycles. The molecule has 0 aromatic heterocycles. The van der Waals surface area contributed by atoms with Gasteiger partial charge in [-0.05, 0) is 39.5 Å². The number of amides is 2. The summed E-state index contributed by atoms with van der Waals surface area (Å²) >= 11 is 0. The molecule has 18 nitrogen and oxygen atoms in total. The highest BCUT2D eigenvalue weighted by atomic mass is 16.6. The van der Waals surface area contributed by atoms with Gasteiger partial charge in [-0.3, -0.25) is 38.4 Å². The normalized spacial score (nSPS) is 14.0. The van der Waals surface area contributed by atoms with Crippen LogP contribution in [0.2, 0.25) is 0 Å². The second-order valence-electron chi connectivity index (χ2n) is 13.7. The molecule has 6 atom stereocenters. The van der Waals surface area contributed by atoms with Crippen LogP contribution in [0, 0.1) is 22.7 Å². The van der Waals surface area contributed by atoms with Crippen LogP contribution in [-0.4, -0.2) is 145 Å². The topological polar surface area (TPSA) is 264 Å². The van der Waals surface area contributed by atoms with Gasteiger partial charge in [-0.2, -0.15) is 0 Å². The number of carboxylic acids is 3. The molecule has 0 bridgehead atoms.